The molecule has 0 spiro atoms. The lowest BCUT2D eigenvalue weighted by atomic mass is 10.3. The number of rotatable bonds is 6. The maximum atomic E-state index is 12.8. The van der Waals surface area contributed by atoms with E-state index in [1.54, 1.807) is 13.1 Å². The van der Waals surface area contributed by atoms with Crippen molar-refractivity contribution in [2.24, 2.45) is 0 Å². The van der Waals surface area contributed by atoms with Crippen molar-refractivity contribution in [1.82, 2.24) is 4.98 Å². The van der Waals surface area contributed by atoms with Gasteiger partial charge in [-0.15, -0.1) is 23.1 Å². The second kappa shape index (κ2) is 8.07. The van der Waals surface area contributed by atoms with E-state index >= 15 is 0 Å². The number of nitrogens with zero attached hydrogens (tertiary/aromatic N) is 1. The van der Waals surface area contributed by atoms with Crippen LogP contribution >= 0.6 is 23.1 Å². The number of aryl methyl sites for hydroxylation is 1. The number of anilines is 2. The summed E-state index contributed by atoms with van der Waals surface area (Å²) in [4.78, 5) is 28.9. The highest BCUT2D eigenvalue weighted by Crippen LogP contribution is 2.19. The number of carbonyl (C=O) groups excluding carboxylic acids is 2. The van der Waals surface area contributed by atoms with E-state index in [1.807, 2.05) is 6.92 Å². The largest absolute Gasteiger partial charge is 0.325 e. The molecule has 0 radical (unpaired) electrons. The molecule has 2 amide bonds. The minimum atomic E-state index is -0.391. The Labute approximate surface area is 141 Å². The zero-order valence-electron chi connectivity index (χ0n) is 12.6. The van der Waals surface area contributed by atoms with Gasteiger partial charge in [-0.05, 0) is 38.1 Å². The van der Waals surface area contributed by atoms with E-state index in [4.69, 9.17) is 0 Å². The molecular formula is C15H16FN3O2S2. The molecule has 1 heterocycles. The summed E-state index contributed by atoms with van der Waals surface area (Å²) < 4.78 is 12.8. The van der Waals surface area contributed by atoms with Crippen LogP contribution in [0, 0.1) is 12.7 Å². The van der Waals surface area contributed by atoms with Gasteiger partial charge in [0.1, 0.15) is 5.82 Å². The van der Waals surface area contributed by atoms with Gasteiger partial charge in [-0.3, -0.25) is 9.59 Å². The highest BCUT2D eigenvalue weighted by molar-refractivity contribution is 8.01. The zero-order valence-corrected chi connectivity index (χ0v) is 14.3. The summed E-state index contributed by atoms with van der Waals surface area (Å²) in [6, 6.07) is 5.52. The summed E-state index contributed by atoms with van der Waals surface area (Å²) in [5.74, 6) is -0.673. The second-order valence-electron chi connectivity index (χ2n) is 4.77. The van der Waals surface area contributed by atoms with Crippen molar-refractivity contribution in [2.45, 2.75) is 19.1 Å². The van der Waals surface area contributed by atoms with Crippen LogP contribution in [0.4, 0.5) is 15.2 Å². The Morgan fingerprint density at radius 1 is 1.30 bits per heavy atom. The standard InChI is InChI=1S/C15H16FN3O2S2/c1-9-7-17-15(23-9)19-14(21)10(2)22-8-13(20)18-12-5-3-11(16)4-6-12/h3-7,10H,8H2,1-2H3,(H,18,20)(H,17,19,21). The number of hydrogen-bond acceptors (Lipinski definition) is 5. The first-order valence-electron chi connectivity index (χ1n) is 6.84. The lowest BCUT2D eigenvalue weighted by molar-refractivity contribution is -0.115. The van der Waals surface area contributed by atoms with Gasteiger partial charge in [-0.1, -0.05) is 0 Å². The molecule has 1 aromatic heterocycles. The van der Waals surface area contributed by atoms with Crippen LogP contribution in [0.15, 0.2) is 30.5 Å². The lowest BCUT2D eigenvalue weighted by Gasteiger charge is -2.10. The van der Waals surface area contributed by atoms with E-state index in [0.29, 0.717) is 10.8 Å². The van der Waals surface area contributed by atoms with Gasteiger partial charge in [-0.2, -0.15) is 0 Å². The summed E-state index contributed by atoms with van der Waals surface area (Å²) in [6.07, 6.45) is 1.69. The number of carbonyl (C=O) groups is 2. The van der Waals surface area contributed by atoms with Crippen LogP contribution in [0.3, 0.4) is 0 Å². The van der Waals surface area contributed by atoms with E-state index in [2.05, 4.69) is 15.6 Å². The number of nitrogens with one attached hydrogen (secondary N) is 2. The summed E-state index contributed by atoms with van der Waals surface area (Å²) in [6.45, 7) is 3.64. The first-order valence-corrected chi connectivity index (χ1v) is 8.71. The average molecular weight is 353 g/mol. The van der Waals surface area contributed by atoms with Crippen molar-refractivity contribution >= 4 is 45.7 Å². The topological polar surface area (TPSA) is 71.1 Å². The Bertz CT molecular complexity index is 688. The van der Waals surface area contributed by atoms with Gasteiger partial charge >= 0.3 is 0 Å². The normalized spacial score (nSPS) is 11.8. The predicted molar refractivity (Wildman–Crippen MR) is 92.4 cm³/mol. The molecule has 0 aliphatic rings. The number of aromatic nitrogens is 1. The monoisotopic (exact) mass is 353 g/mol. The molecule has 8 heteroatoms. The number of thiazole rings is 1. The summed E-state index contributed by atoms with van der Waals surface area (Å²) in [5.41, 5.74) is 0.521. The van der Waals surface area contributed by atoms with Gasteiger partial charge in [0.05, 0.1) is 11.0 Å². The molecule has 23 heavy (non-hydrogen) atoms. The smallest absolute Gasteiger partial charge is 0.239 e. The molecule has 1 aromatic carbocycles. The Kier molecular flexibility index (Phi) is 6.12. The van der Waals surface area contributed by atoms with E-state index in [0.717, 1.165) is 4.88 Å². The average Bonchev–Trinajstić information content (AvgIpc) is 2.92. The molecular weight excluding hydrogens is 337 g/mol. The highest BCUT2D eigenvalue weighted by atomic mass is 32.2. The van der Waals surface area contributed by atoms with Crippen molar-refractivity contribution in [3.05, 3.63) is 41.2 Å². The minimum Gasteiger partial charge on any atom is -0.325 e. The quantitative estimate of drug-likeness (QED) is 0.836. The number of halogens is 1. The second-order valence-corrected chi connectivity index (χ2v) is 7.34. The van der Waals surface area contributed by atoms with E-state index < -0.39 is 5.25 Å². The van der Waals surface area contributed by atoms with Gasteiger partial charge < -0.3 is 10.6 Å². The van der Waals surface area contributed by atoms with Gasteiger partial charge in [0.15, 0.2) is 5.13 Å². The minimum absolute atomic E-state index is 0.128. The highest BCUT2D eigenvalue weighted by Gasteiger charge is 2.16. The van der Waals surface area contributed by atoms with Crippen LogP contribution in [-0.4, -0.2) is 27.8 Å². The maximum absolute atomic E-state index is 12.8. The molecule has 0 saturated heterocycles. The summed E-state index contributed by atoms with van der Waals surface area (Å²) in [7, 11) is 0. The first-order chi connectivity index (χ1) is 10.9. The van der Waals surface area contributed by atoms with Crippen molar-refractivity contribution in [3.8, 4) is 0 Å². The van der Waals surface area contributed by atoms with Gasteiger partial charge in [0, 0.05) is 16.8 Å². The lowest BCUT2D eigenvalue weighted by Crippen LogP contribution is -2.24. The molecule has 0 bridgehead atoms. The van der Waals surface area contributed by atoms with E-state index in [9.17, 15) is 14.0 Å². The first kappa shape index (κ1) is 17.4. The van der Waals surface area contributed by atoms with Gasteiger partial charge in [-0.25, -0.2) is 9.37 Å². The maximum Gasteiger partial charge on any atom is 0.239 e. The van der Waals surface area contributed by atoms with Crippen molar-refractivity contribution in [3.63, 3.8) is 0 Å². The van der Waals surface area contributed by atoms with Crippen molar-refractivity contribution < 1.29 is 14.0 Å². The molecule has 0 saturated carbocycles. The van der Waals surface area contributed by atoms with Gasteiger partial charge in [0.2, 0.25) is 11.8 Å². The molecule has 2 aromatic rings. The third kappa shape index (κ3) is 5.65. The zero-order chi connectivity index (χ0) is 16.8. The van der Waals surface area contributed by atoms with Crippen molar-refractivity contribution in [2.75, 3.05) is 16.4 Å². The SMILES string of the molecule is Cc1cnc(NC(=O)C(C)SCC(=O)Nc2ccc(F)cc2)s1. The fourth-order valence-corrected chi connectivity index (χ4v) is 2.98. The van der Waals surface area contributed by atoms with E-state index in [-0.39, 0.29) is 23.4 Å². The van der Waals surface area contributed by atoms with Crippen LogP contribution < -0.4 is 10.6 Å². The van der Waals surface area contributed by atoms with Crippen molar-refractivity contribution in [1.29, 1.82) is 0 Å². The third-order valence-corrected chi connectivity index (χ3v) is 4.78. The Hall–Kier alpha value is -1.93. The number of thioether (sulfide) groups is 1. The molecule has 1 unspecified atom stereocenters. The molecule has 0 fully saturated rings. The molecule has 5 nitrogen and oxygen atoms in total. The molecule has 1 atom stereocenters. The molecule has 2 rings (SSSR count). The van der Waals surface area contributed by atoms with E-state index in [1.165, 1.54) is 47.4 Å². The Balaban J connectivity index is 1.76. The molecule has 0 aliphatic carbocycles. The Morgan fingerprint density at radius 2 is 2.00 bits per heavy atom. The van der Waals surface area contributed by atoms with Crippen LogP contribution in [-0.2, 0) is 9.59 Å². The molecule has 0 aliphatic heterocycles. The van der Waals surface area contributed by atoms with Crippen LogP contribution in [0.5, 0.6) is 0 Å². The molecule has 122 valence electrons. The fourth-order valence-electron chi connectivity index (χ4n) is 1.63. The van der Waals surface area contributed by atoms with Crippen LogP contribution in [0.1, 0.15) is 11.8 Å². The predicted octanol–water partition coefficient (Wildman–Crippen LogP) is 3.29. The van der Waals surface area contributed by atoms with Crippen LogP contribution in [0.25, 0.3) is 0 Å². The number of hydrogen-bond donors (Lipinski definition) is 2. The van der Waals surface area contributed by atoms with Gasteiger partial charge in [0.25, 0.3) is 0 Å². The Morgan fingerprint density at radius 3 is 2.61 bits per heavy atom. The van der Waals surface area contributed by atoms with Crippen LogP contribution in [0.2, 0.25) is 0 Å². The summed E-state index contributed by atoms with van der Waals surface area (Å²) >= 11 is 2.62. The number of amides is 2. The molecule has 2 N–H and O–H groups in total. The summed E-state index contributed by atoms with van der Waals surface area (Å²) in [5, 5.41) is 5.53. The fraction of sp³-hybridized carbons (Fsp3) is 0.267. The number of benzene rings is 1. The third-order valence-electron chi connectivity index (χ3n) is 2.81.